The van der Waals surface area contributed by atoms with Crippen molar-refractivity contribution in [2.24, 2.45) is 10.9 Å². The molecule has 0 saturated heterocycles. The lowest BCUT2D eigenvalue weighted by atomic mass is 10.2. The Kier molecular flexibility index (Phi) is 8.25. The van der Waals surface area contributed by atoms with Crippen LogP contribution < -0.4 is 20.1 Å². The summed E-state index contributed by atoms with van der Waals surface area (Å²) >= 11 is 0. The van der Waals surface area contributed by atoms with Crippen molar-refractivity contribution in [2.75, 3.05) is 38.3 Å². The summed E-state index contributed by atoms with van der Waals surface area (Å²) < 4.78 is 22.5. The minimum Gasteiger partial charge on any atom is -0.490 e. The van der Waals surface area contributed by atoms with Gasteiger partial charge >= 0.3 is 0 Å². The first-order valence-electron chi connectivity index (χ1n) is 10.3. The third-order valence-electron chi connectivity index (χ3n) is 4.19. The highest BCUT2D eigenvalue weighted by Crippen LogP contribution is 2.32. The van der Waals surface area contributed by atoms with Gasteiger partial charge in [0.15, 0.2) is 17.5 Å². The molecule has 0 atom stereocenters. The zero-order chi connectivity index (χ0) is 20.3. The molecule has 7 heteroatoms. The van der Waals surface area contributed by atoms with Crippen molar-refractivity contribution < 1.29 is 18.6 Å². The first kappa shape index (κ1) is 21.0. The molecule has 2 heterocycles. The van der Waals surface area contributed by atoms with Crippen molar-refractivity contribution in [3.63, 3.8) is 0 Å². The average Bonchev–Trinajstić information content (AvgIpc) is 3.12. The van der Waals surface area contributed by atoms with E-state index in [0.717, 1.165) is 55.5 Å². The molecule has 1 aliphatic heterocycles. The molecule has 0 saturated carbocycles. The third-order valence-corrected chi connectivity index (χ3v) is 4.19. The number of guanidine groups is 1. The van der Waals surface area contributed by atoms with Gasteiger partial charge in [0.05, 0.1) is 19.5 Å². The van der Waals surface area contributed by atoms with Gasteiger partial charge in [-0.05, 0) is 36.6 Å². The molecule has 0 unspecified atom stereocenters. The summed E-state index contributed by atoms with van der Waals surface area (Å²) in [5.41, 5.74) is 0.885. The fourth-order valence-electron chi connectivity index (χ4n) is 2.78. The lowest BCUT2D eigenvalue weighted by molar-refractivity contribution is 0.108. The average molecular weight is 402 g/mol. The predicted molar refractivity (Wildman–Crippen MR) is 114 cm³/mol. The van der Waals surface area contributed by atoms with Crippen LogP contribution in [-0.4, -0.2) is 38.9 Å². The van der Waals surface area contributed by atoms with E-state index < -0.39 is 0 Å². The second-order valence-corrected chi connectivity index (χ2v) is 7.33. The highest BCUT2D eigenvalue weighted by Gasteiger charge is 2.11. The smallest absolute Gasteiger partial charge is 0.196 e. The molecule has 0 radical (unpaired) electrons. The summed E-state index contributed by atoms with van der Waals surface area (Å²) in [6.07, 6.45) is 3.43. The number of nitrogens with zero attached hydrogens (tertiary/aromatic N) is 1. The van der Waals surface area contributed by atoms with E-state index in [2.05, 4.69) is 29.5 Å². The van der Waals surface area contributed by atoms with Crippen LogP contribution in [0.5, 0.6) is 11.5 Å². The Hall–Kier alpha value is -2.67. The predicted octanol–water partition coefficient (Wildman–Crippen LogP) is 4.06. The first-order chi connectivity index (χ1) is 14.2. The highest BCUT2D eigenvalue weighted by molar-refractivity contribution is 5.93. The monoisotopic (exact) mass is 401 g/mol. The lowest BCUT2D eigenvalue weighted by Crippen LogP contribution is -2.32. The number of fused-ring (bicyclic) bond motifs is 1. The number of aliphatic imine (C=N–C) groups is 1. The number of benzene rings is 1. The van der Waals surface area contributed by atoms with Gasteiger partial charge in [-0.25, -0.2) is 4.99 Å². The lowest BCUT2D eigenvalue weighted by Gasteiger charge is -2.15. The molecule has 0 aliphatic carbocycles. The molecule has 0 fully saturated rings. The molecule has 0 bridgehead atoms. The number of nitrogens with one attached hydrogen (secondary N) is 2. The highest BCUT2D eigenvalue weighted by atomic mass is 16.5. The van der Waals surface area contributed by atoms with Crippen LogP contribution in [-0.2, 0) is 11.3 Å². The van der Waals surface area contributed by atoms with Gasteiger partial charge in [-0.1, -0.05) is 13.8 Å². The normalized spacial score (nSPS) is 14.0. The molecule has 3 rings (SSSR count). The second kappa shape index (κ2) is 11.4. The molecule has 0 spiro atoms. The van der Waals surface area contributed by atoms with E-state index >= 15 is 0 Å². The van der Waals surface area contributed by atoms with Crippen LogP contribution in [0.15, 0.2) is 46.0 Å². The summed E-state index contributed by atoms with van der Waals surface area (Å²) in [6, 6.07) is 9.60. The summed E-state index contributed by atoms with van der Waals surface area (Å²) in [5.74, 6) is 3.57. The Morgan fingerprint density at radius 1 is 1.17 bits per heavy atom. The van der Waals surface area contributed by atoms with Gasteiger partial charge in [-0.15, -0.1) is 0 Å². The van der Waals surface area contributed by atoms with Crippen molar-refractivity contribution >= 4 is 11.6 Å². The SMILES string of the molecule is CC(C)COCCCNC(=NCc1ccco1)Nc1ccc2c(c1)OCCCO2. The van der Waals surface area contributed by atoms with Gasteiger partial charge in [0, 0.05) is 37.9 Å². The number of hydrogen-bond acceptors (Lipinski definition) is 5. The number of hydrogen-bond donors (Lipinski definition) is 2. The van der Waals surface area contributed by atoms with E-state index in [-0.39, 0.29) is 0 Å². The Bertz CT molecular complexity index is 759. The molecule has 1 aromatic heterocycles. The van der Waals surface area contributed by atoms with Crippen LogP contribution in [0, 0.1) is 5.92 Å². The molecule has 29 heavy (non-hydrogen) atoms. The fraction of sp³-hybridized carbons (Fsp3) is 0.500. The Morgan fingerprint density at radius 2 is 2.03 bits per heavy atom. The zero-order valence-corrected chi connectivity index (χ0v) is 17.3. The van der Waals surface area contributed by atoms with Crippen molar-refractivity contribution in [3.05, 3.63) is 42.4 Å². The minimum absolute atomic E-state index is 0.455. The standard InChI is InChI=1S/C22H31N3O4/c1-17(2)16-26-10-4-9-23-22(24-15-19-6-3-11-27-19)25-18-7-8-20-21(14-18)29-13-5-12-28-20/h3,6-8,11,14,17H,4-5,9-10,12-13,15-16H2,1-2H3,(H2,23,24,25). The van der Waals surface area contributed by atoms with Crippen molar-refractivity contribution in [1.29, 1.82) is 0 Å². The Morgan fingerprint density at radius 3 is 2.83 bits per heavy atom. The van der Waals surface area contributed by atoms with E-state index in [9.17, 15) is 0 Å². The molecular weight excluding hydrogens is 370 g/mol. The summed E-state index contributed by atoms with van der Waals surface area (Å²) in [7, 11) is 0. The maximum Gasteiger partial charge on any atom is 0.196 e. The minimum atomic E-state index is 0.455. The molecule has 1 aliphatic rings. The van der Waals surface area contributed by atoms with Crippen LogP contribution in [0.25, 0.3) is 0 Å². The molecule has 0 amide bonds. The molecule has 2 aromatic rings. The van der Waals surface area contributed by atoms with E-state index in [4.69, 9.17) is 18.6 Å². The zero-order valence-electron chi connectivity index (χ0n) is 17.3. The van der Waals surface area contributed by atoms with Crippen LogP contribution in [0.4, 0.5) is 5.69 Å². The van der Waals surface area contributed by atoms with Gasteiger partial charge in [0.25, 0.3) is 0 Å². The van der Waals surface area contributed by atoms with Crippen LogP contribution in [0.3, 0.4) is 0 Å². The van der Waals surface area contributed by atoms with Gasteiger partial charge < -0.3 is 29.3 Å². The number of ether oxygens (including phenoxy) is 3. The summed E-state index contributed by atoms with van der Waals surface area (Å²) in [5, 5.41) is 6.70. The van der Waals surface area contributed by atoms with Gasteiger partial charge in [-0.2, -0.15) is 0 Å². The fourth-order valence-corrected chi connectivity index (χ4v) is 2.78. The van der Waals surface area contributed by atoms with Gasteiger partial charge in [0.1, 0.15) is 12.3 Å². The van der Waals surface area contributed by atoms with E-state index in [0.29, 0.717) is 31.6 Å². The van der Waals surface area contributed by atoms with E-state index in [1.54, 1.807) is 6.26 Å². The molecule has 2 N–H and O–H groups in total. The van der Waals surface area contributed by atoms with Crippen molar-refractivity contribution in [3.8, 4) is 11.5 Å². The second-order valence-electron chi connectivity index (χ2n) is 7.33. The van der Waals surface area contributed by atoms with Gasteiger partial charge in [-0.3, -0.25) is 0 Å². The largest absolute Gasteiger partial charge is 0.490 e. The van der Waals surface area contributed by atoms with E-state index in [1.165, 1.54) is 0 Å². The van der Waals surface area contributed by atoms with E-state index in [1.807, 2.05) is 30.3 Å². The number of furan rings is 1. The summed E-state index contributed by atoms with van der Waals surface area (Å²) in [6.45, 7) is 8.35. The third kappa shape index (κ3) is 7.34. The van der Waals surface area contributed by atoms with Crippen molar-refractivity contribution in [2.45, 2.75) is 33.2 Å². The Labute approximate surface area is 172 Å². The topological polar surface area (TPSA) is 77.2 Å². The van der Waals surface area contributed by atoms with Crippen LogP contribution >= 0.6 is 0 Å². The van der Waals surface area contributed by atoms with Crippen LogP contribution in [0.2, 0.25) is 0 Å². The Balaban J connectivity index is 1.58. The first-order valence-corrected chi connectivity index (χ1v) is 10.3. The molecular formula is C22H31N3O4. The van der Waals surface area contributed by atoms with Crippen molar-refractivity contribution in [1.82, 2.24) is 5.32 Å². The number of rotatable bonds is 9. The molecule has 1 aromatic carbocycles. The molecule has 7 nitrogen and oxygen atoms in total. The maximum absolute atomic E-state index is 5.78. The number of anilines is 1. The summed E-state index contributed by atoms with van der Waals surface area (Å²) in [4.78, 5) is 4.63. The maximum atomic E-state index is 5.78. The molecule has 158 valence electrons. The van der Waals surface area contributed by atoms with Crippen LogP contribution in [0.1, 0.15) is 32.4 Å². The quantitative estimate of drug-likeness (QED) is 0.375. The van der Waals surface area contributed by atoms with Gasteiger partial charge in [0.2, 0.25) is 0 Å².